The molecule has 3 rings (SSSR count). The molecule has 140 valence electrons. The van der Waals surface area contributed by atoms with Gasteiger partial charge in [0.1, 0.15) is 13.2 Å². The Hall–Kier alpha value is -2.26. The fourth-order valence-corrected chi connectivity index (χ4v) is 4.98. The van der Waals surface area contributed by atoms with Crippen molar-refractivity contribution in [3.63, 3.8) is 0 Å². The first-order valence-corrected chi connectivity index (χ1v) is 11.3. The van der Waals surface area contributed by atoms with Crippen LogP contribution in [0.4, 0.5) is 5.69 Å². The summed E-state index contributed by atoms with van der Waals surface area (Å²) in [5.74, 6) is 0.903. The number of hydrogen-bond acceptors (Lipinski definition) is 6. The van der Waals surface area contributed by atoms with E-state index in [1.807, 2.05) is 0 Å². The second kappa shape index (κ2) is 6.81. The van der Waals surface area contributed by atoms with Crippen molar-refractivity contribution in [3.8, 4) is 11.5 Å². The van der Waals surface area contributed by atoms with Gasteiger partial charge in [0.25, 0.3) is 0 Å². The molecule has 9 heteroatoms. The predicted molar refractivity (Wildman–Crippen MR) is 97.2 cm³/mol. The van der Waals surface area contributed by atoms with Crippen molar-refractivity contribution in [2.75, 3.05) is 30.3 Å². The van der Waals surface area contributed by atoms with Crippen molar-refractivity contribution in [1.29, 1.82) is 0 Å². The molecular formula is C17H19NO6S2. The lowest BCUT2D eigenvalue weighted by molar-refractivity contribution is 0.171. The lowest BCUT2D eigenvalue weighted by Gasteiger charge is -2.21. The average Bonchev–Trinajstić information content (AvgIpc) is 2.61. The first-order valence-electron chi connectivity index (χ1n) is 7.96. The Morgan fingerprint density at radius 3 is 2.04 bits per heavy atom. The molecule has 0 aliphatic carbocycles. The monoisotopic (exact) mass is 397 g/mol. The molecule has 1 aliphatic rings. The van der Waals surface area contributed by atoms with Crippen molar-refractivity contribution in [3.05, 3.63) is 42.5 Å². The third kappa shape index (κ3) is 3.49. The molecule has 0 aromatic heterocycles. The summed E-state index contributed by atoms with van der Waals surface area (Å²) in [5.41, 5.74) is 0.413. The Balaban J connectivity index is 1.95. The summed E-state index contributed by atoms with van der Waals surface area (Å²) in [6, 6.07) is 10.2. The van der Waals surface area contributed by atoms with Crippen LogP contribution in [0.5, 0.6) is 11.5 Å². The number of hydrogen-bond donors (Lipinski definition) is 0. The first kappa shape index (κ1) is 18.5. The van der Waals surface area contributed by atoms with Gasteiger partial charge in [-0.1, -0.05) is 0 Å². The van der Waals surface area contributed by atoms with Gasteiger partial charge in [-0.25, -0.2) is 16.8 Å². The van der Waals surface area contributed by atoms with E-state index < -0.39 is 19.9 Å². The maximum absolute atomic E-state index is 12.8. The van der Waals surface area contributed by atoms with Crippen LogP contribution in [-0.4, -0.2) is 42.8 Å². The van der Waals surface area contributed by atoms with E-state index in [9.17, 15) is 16.8 Å². The molecule has 0 unspecified atom stereocenters. The number of sulfonamides is 1. The minimum absolute atomic E-state index is 0.0717. The minimum atomic E-state index is -3.76. The molecule has 0 N–H and O–H groups in total. The van der Waals surface area contributed by atoms with Gasteiger partial charge in [-0.2, -0.15) is 0 Å². The molecule has 0 fully saturated rings. The molecule has 1 aliphatic heterocycles. The maximum atomic E-state index is 12.8. The third-order valence-corrected chi connectivity index (χ3v) is 6.98. The Morgan fingerprint density at radius 2 is 1.46 bits per heavy atom. The Morgan fingerprint density at radius 1 is 0.885 bits per heavy atom. The van der Waals surface area contributed by atoms with Gasteiger partial charge in [0, 0.05) is 12.6 Å². The SMILES string of the molecule is CCN(c1ccc(S(=O)(=O)c2ccc3c(c2)OCCO3)cc1)S(C)(=O)=O. The van der Waals surface area contributed by atoms with Gasteiger partial charge >= 0.3 is 0 Å². The standard InChI is InChI=1S/C17H19NO6S2/c1-3-18(25(2,19)20)13-4-6-14(7-5-13)26(21,22)15-8-9-16-17(12-15)24-11-10-23-16/h4-9,12H,3,10-11H2,1-2H3. The zero-order valence-electron chi connectivity index (χ0n) is 14.4. The highest BCUT2D eigenvalue weighted by Gasteiger charge is 2.22. The second-order valence-electron chi connectivity index (χ2n) is 5.73. The van der Waals surface area contributed by atoms with E-state index in [2.05, 4.69) is 0 Å². The highest BCUT2D eigenvalue weighted by atomic mass is 32.2. The van der Waals surface area contributed by atoms with E-state index in [-0.39, 0.29) is 16.3 Å². The Labute approximate surface area is 153 Å². The maximum Gasteiger partial charge on any atom is 0.232 e. The zero-order chi connectivity index (χ0) is 18.9. The van der Waals surface area contributed by atoms with Crippen LogP contribution in [0.25, 0.3) is 0 Å². The molecule has 0 radical (unpaired) electrons. The van der Waals surface area contributed by atoms with Crippen LogP contribution in [0.15, 0.2) is 52.3 Å². The van der Waals surface area contributed by atoms with Crippen LogP contribution in [-0.2, 0) is 19.9 Å². The number of benzene rings is 2. The summed E-state index contributed by atoms with van der Waals surface area (Å²) in [6.45, 7) is 2.76. The second-order valence-corrected chi connectivity index (χ2v) is 9.59. The van der Waals surface area contributed by atoms with Crippen LogP contribution in [0.2, 0.25) is 0 Å². The van der Waals surface area contributed by atoms with Crippen LogP contribution in [0.3, 0.4) is 0 Å². The number of anilines is 1. The van der Waals surface area contributed by atoms with Gasteiger partial charge in [-0.05, 0) is 43.3 Å². The van der Waals surface area contributed by atoms with Gasteiger partial charge in [-0.3, -0.25) is 4.31 Å². The van der Waals surface area contributed by atoms with Gasteiger partial charge < -0.3 is 9.47 Å². The smallest absolute Gasteiger partial charge is 0.232 e. The van der Waals surface area contributed by atoms with Gasteiger partial charge in [-0.15, -0.1) is 0 Å². The van der Waals surface area contributed by atoms with Crippen LogP contribution in [0, 0.1) is 0 Å². The van der Waals surface area contributed by atoms with E-state index in [4.69, 9.17) is 9.47 Å². The van der Waals surface area contributed by atoms with Crippen molar-refractivity contribution in [2.45, 2.75) is 16.7 Å². The van der Waals surface area contributed by atoms with Gasteiger partial charge in [0.15, 0.2) is 11.5 Å². The molecule has 0 spiro atoms. The number of fused-ring (bicyclic) bond motifs is 1. The Kier molecular flexibility index (Phi) is 4.85. The molecule has 2 aromatic rings. The normalized spacial score (nSPS) is 14.1. The number of ether oxygens (including phenoxy) is 2. The molecule has 0 bridgehead atoms. The lowest BCUT2D eigenvalue weighted by atomic mass is 10.3. The summed E-state index contributed by atoms with van der Waals surface area (Å²) in [6.07, 6.45) is 1.11. The first-order chi connectivity index (χ1) is 12.2. The average molecular weight is 397 g/mol. The van der Waals surface area contributed by atoms with Crippen LogP contribution in [0.1, 0.15) is 6.92 Å². The molecule has 0 saturated heterocycles. The molecule has 0 saturated carbocycles. The quantitative estimate of drug-likeness (QED) is 0.767. The largest absolute Gasteiger partial charge is 0.486 e. The summed E-state index contributed by atoms with van der Waals surface area (Å²) >= 11 is 0. The highest BCUT2D eigenvalue weighted by molar-refractivity contribution is 7.92. The van der Waals surface area contributed by atoms with Crippen LogP contribution < -0.4 is 13.8 Å². The van der Waals surface area contributed by atoms with Gasteiger partial charge in [0.2, 0.25) is 19.9 Å². The van der Waals surface area contributed by atoms with E-state index in [0.717, 1.165) is 6.26 Å². The van der Waals surface area contributed by atoms with Crippen molar-refractivity contribution < 1.29 is 26.3 Å². The summed E-state index contributed by atoms with van der Waals surface area (Å²) in [5, 5.41) is 0. The molecule has 7 nitrogen and oxygen atoms in total. The lowest BCUT2D eigenvalue weighted by Crippen LogP contribution is -2.29. The summed E-state index contributed by atoms with van der Waals surface area (Å²) in [7, 11) is -7.19. The van der Waals surface area contributed by atoms with Crippen molar-refractivity contribution in [1.82, 2.24) is 0 Å². The topological polar surface area (TPSA) is 90.0 Å². The van der Waals surface area contributed by atoms with E-state index in [1.165, 1.54) is 40.7 Å². The van der Waals surface area contributed by atoms with Gasteiger partial charge in [0.05, 0.1) is 21.7 Å². The zero-order valence-corrected chi connectivity index (χ0v) is 16.0. The van der Waals surface area contributed by atoms with E-state index >= 15 is 0 Å². The fraction of sp³-hybridized carbons (Fsp3) is 0.294. The predicted octanol–water partition coefficient (Wildman–Crippen LogP) is 2.08. The number of nitrogens with zero attached hydrogens (tertiary/aromatic N) is 1. The van der Waals surface area contributed by atoms with E-state index in [0.29, 0.717) is 30.4 Å². The third-order valence-electron chi connectivity index (χ3n) is 3.95. The molecule has 0 atom stereocenters. The van der Waals surface area contributed by atoms with Crippen molar-refractivity contribution >= 4 is 25.5 Å². The number of rotatable bonds is 5. The fourth-order valence-electron chi connectivity index (χ4n) is 2.73. The molecule has 26 heavy (non-hydrogen) atoms. The highest BCUT2D eigenvalue weighted by Crippen LogP contribution is 2.34. The molecule has 0 amide bonds. The van der Waals surface area contributed by atoms with E-state index in [1.54, 1.807) is 13.0 Å². The molecular weight excluding hydrogens is 378 g/mol. The minimum Gasteiger partial charge on any atom is -0.486 e. The molecule has 2 aromatic carbocycles. The Bertz CT molecular complexity index is 1010. The van der Waals surface area contributed by atoms with Crippen LogP contribution >= 0.6 is 0 Å². The summed E-state index contributed by atoms with van der Waals surface area (Å²) < 4.78 is 61.3. The summed E-state index contributed by atoms with van der Waals surface area (Å²) in [4.78, 5) is 0.160. The number of sulfone groups is 1. The molecule has 1 heterocycles. The van der Waals surface area contributed by atoms with Crippen molar-refractivity contribution in [2.24, 2.45) is 0 Å².